The van der Waals surface area contributed by atoms with Gasteiger partial charge in [0.15, 0.2) is 11.5 Å². The zero-order chi connectivity index (χ0) is 21.2. The summed E-state index contributed by atoms with van der Waals surface area (Å²) in [5.41, 5.74) is 3.47. The Labute approximate surface area is 180 Å². The molecule has 8 nitrogen and oxygen atoms in total. The molecule has 0 bridgehead atoms. The number of hydrogen-bond acceptors (Lipinski definition) is 5. The van der Waals surface area contributed by atoms with Gasteiger partial charge in [-0.3, -0.25) is 15.0 Å². The number of aromatic nitrogens is 5. The molecule has 1 aromatic carbocycles. The molecule has 0 aliphatic carbocycles. The second kappa shape index (κ2) is 8.22. The Hall–Kier alpha value is -3.68. The van der Waals surface area contributed by atoms with Crippen LogP contribution in [0.4, 0.5) is 11.6 Å². The third-order valence-corrected chi connectivity index (χ3v) is 5.84. The van der Waals surface area contributed by atoms with E-state index in [0.717, 1.165) is 66.3 Å². The van der Waals surface area contributed by atoms with E-state index in [-0.39, 0.29) is 5.91 Å². The van der Waals surface area contributed by atoms with E-state index < -0.39 is 0 Å². The Morgan fingerprint density at radius 2 is 1.90 bits per heavy atom. The van der Waals surface area contributed by atoms with Crippen LogP contribution in [0.25, 0.3) is 10.9 Å². The third-order valence-electron chi connectivity index (χ3n) is 5.84. The number of benzene rings is 1. The van der Waals surface area contributed by atoms with Crippen LogP contribution < -0.4 is 5.32 Å². The van der Waals surface area contributed by atoms with Gasteiger partial charge in [-0.2, -0.15) is 10.2 Å². The first-order valence-electron chi connectivity index (χ1n) is 10.6. The molecule has 31 heavy (non-hydrogen) atoms. The van der Waals surface area contributed by atoms with E-state index in [9.17, 15) is 4.79 Å². The number of amides is 1. The van der Waals surface area contributed by atoms with Crippen molar-refractivity contribution < 1.29 is 4.79 Å². The number of likely N-dealkylation sites (tertiary alicyclic amines) is 1. The van der Waals surface area contributed by atoms with Crippen molar-refractivity contribution in [3.63, 3.8) is 0 Å². The number of hydrogen-bond donors (Lipinski definition) is 3. The van der Waals surface area contributed by atoms with Crippen LogP contribution in [0.5, 0.6) is 0 Å². The molecule has 3 aromatic heterocycles. The lowest BCUT2D eigenvalue weighted by molar-refractivity contribution is 0.0686. The maximum Gasteiger partial charge on any atom is 0.274 e. The fourth-order valence-corrected chi connectivity index (χ4v) is 4.19. The summed E-state index contributed by atoms with van der Waals surface area (Å²) in [7, 11) is 0. The number of nitrogens with one attached hydrogen (secondary N) is 3. The van der Waals surface area contributed by atoms with Crippen LogP contribution in [0.15, 0.2) is 48.5 Å². The number of carbonyl (C=O) groups excluding carboxylic acids is 1. The van der Waals surface area contributed by atoms with Crippen LogP contribution in [-0.4, -0.2) is 49.3 Å². The average molecular weight is 416 g/mol. The molecule has 0 saturated carbocycles. The number of carbonyl (C=O) groups is 1. The van der Waals surface area contributed by atoms with Gasteiger partial charge in [0.05, 0.1) is 5.52 Å². The van der Waals surface area contributed by atoms with Crippen molar-refractivity contribution in [2.24, 2.45) is 5.92 Å². The van der Waals surface area contributed by atoms with Crippen LogP contribution in [-0.2, 0) is 6.42 Å². The van der Waals surface area contributed by atoms with Gasteiger partial charge >= 0.3 is 0 Å². The molecule has 5 rings (SSSR count). The van der Waals surface area contributed by atoms with Crippen LogP contribution in [0.1, 0.15) is 34.7 Å². The molecule has 1 saturated heterocycles. The molecule has 1 amide bonds. The van der Waals surface area contributed by atoms with Crippen molar-refractivity contribution in [1.82, 2.24) is 30.3 Å². The van der Waals surface area contributed by atoms with Gasteiger partial charge in [-0.25, -0.2) is 4.98 Å². The van der Waals surface area contributed by atoms with Gasteiger partial charge in [0.1, 0.15) is 5.82 Å². The summed E-state index contributed by atoms with van der Waals surface area (Å²) in [6.45, 7) is 3.46. The number of pyridine rings is 1. The SMILES string of the molecule is Cc1cc(Nc2cccc(CC3CCN(C(=O)c4n[nH]c5ccccc45)CC3)n2)n[nH]1. The van der Waals surface area contributed by atoms with Gasteiger partial charge in [0.25, 0.3) is 5.91 Å². The highest BCUT2D eigenvalue weighted by Crippen LogP contribution is 2.24. The predicted molar refractivity (Wildman–Crippen MR) is 119 cm³/mol. The second-order valence-electron chi connectivity index (χ2n) is 8.13. The molecular formula is C23H25N7O. The Kier molecular flexibility index (Phi) is 5.11. The molecule has 0 unspecified atom stereocenters. The molecule has 3 N–H and O–H groups in total. The third kappa shape index (κ3) is 4.14. The Morgan fingerprint density at radius 3 is 2.71 bits per heavy atom. The smallest absolute Gasteiger partial charge is 0.274 e. The molecule has 0 atom stereocenters. The molecule has 0 spiro atoms. The number of fused-ring (bicyclic) bond motifs is 1. The molecular weight excluding hydrogens is 390 g/mol. The number of aromatic amines is 2. The van der Waals surface area contributed by atoms with Crippen LogP contribution in [0.2, 0.25) is 0 Å². The van der Waals surface area contributed by atoms with Gasteiger partial charge in [-0.1, -0.05) is 24.3 Å². The lowest BCUT2D eigenvalue weighted by Crippen LogP contribution is -2.39. The highest BCUT2D eigenvalue weighted by molar-refractivity contribution is 6.04. The van der Waals surface area contributed by atoms with E-state index in [1.807, 2.05) is 54.3 Å². The molecule has 1 aliphatic heterocycles. The lowest BCUT2D eigenvalue weighted by atomic mass is 9.91. The molecule has 158 valence electrons. The summed E-state index contributed by atoms with van der Waals surface area (Å²) in [5.74, 6) is 2.08. The number of para-hydroxylation sites is 1. The topological polar surface area (TPSA) is 103 Å². The number of piperidine rings is 1. The molecule has 1 aliphatic rings. The Bertz CT molecular complexity index is 1200. The van der Waals surface area contributed by atoms with Gasteiger partial charge < -0.3 is 10.2 Å². The van der Waals surface area contributed by atoms with Crippen molar-refractivity contribution in [3.8, 4) is 0 Å². The van der Waals surface area contributed by atoms with Gasteiger partial charge in [-0.15, -0.1) is 0 Å². The van der Waals surface area contributed by atoms with E-state index in [4.69, 9.17) is 4.98 Å². The van der Waals surface area contributed by atoms with Crippen molar-refractivity contribution in [2.45, 2.75) is 26.2 Å². The van der Waals surface area contributed by atoms with Crippen molar-refractivity contribution >= 4 is 28.4 Å². The van der Waals surface area contributed by atoms with E-state index in [2.05, 4.69) is 31.8 Å². The quantitative estimate of drug-likeness (QED) is 0.460. The first kappa shape index (κ1) is 19.3. The standard InChI is InChI=1S/C23H25N7O/c1-15-13-21(28-26-15)25-20-8-4-5-17(24-20)14-16-9-11-30(12-10-16)23(31)22-18-6-2-3-7-19(18)27-29-22/h2-8,13,16H,9-12,14H2,1H3,(H,27,29)(H2,24,25,26,28). The number of aryl methyl sites for hydroxylation is 1. The number of anilines is 2. The largest absolute Gasteiger partial charge is 0.337 e. The number of H-pyrrole nitrogens is 2. The fourth-order valence-electron chi connectivity index (χ4n) is 4.19. The van der Waals surface area contributed by atoms with E-state index in [1.54, 1.807) is 0 Å². The summed E-state index contributed by atoms with van der Waals surface area (Å²) in [5, 5.41) is 18.5. The van der Waals surface area contributed by atoms with Crippen LogP contribution >= 0.6 is 0 Å². The first-order valence-corrected chi connectivity index (χ1v) is 10.6. The van der Waals surface area contributed by atoms with Gasteiger partial charge in [0, 0.05) is 35.9 Å². The normalized spacial score (nSPS) is 14.8. The average Bonchev–Trinajstić information content (AvgIpc) is 3.40. The maximum atomic E-state index is 13.0. The minimum atomic E-state index is 0.00881. The lowest BCUT2D eigenvalue weighted by Gasteiger charge is -2.31. The van der Waals surface area contributed by atoms with E-state index >= 15 is 0 Å². The molecule has 8 heteroatoms. The summed E-state index contributed by atoms with van der Waals surface area (Å²) >= 11 is 0. The Morgan fingerprint density at radius 1 is 1.06 bits per heavy atom. The van der Waals surface area contributed by atoms with Gasteiger partial charge in [0.2, 0.25) is 0 Å². The molecule has 4 aromatic rings. The van der Waals surface area contributed by atoms with Gasteiger partial charge in [-0.05, 0) is 50.3 Å². The fraction of sp³-hybridized carbons (Fsp3) is 0.304. The minimum Gasteiger partial charge on any atom is -0.337 e. The Balaban J connectivity index is 1.19. The van der Waals surface area contributed by atoms with Crippen LogP contribution in [0.3, 0.4) is 0 Å². The monoisotopic (exact) mass is 415 g/mol. The van der Waals surface area contributed by atoms with Crippen molar-refractivity contribution in [3.05, 3.63) is 65.6 Å². The number of rotatable bonds is 5. The summed E-state index contributed by atoms with van der Waals surface area (Å²) < 4.78 is 0. The maximum absolute atomic E-state index is 13.0. The molecule has 4 heterocycles. The zero-order valence-corrected chi connectivity index (χ0v) is 17.4. The zero-order valence-electron chi connectivity index (χ0n) is 17.4. The first-order chi connectivity index (χ1) is 15.2. The minimum absolute atomic E-state index is 0.00881. The molecule has 1 fully saturated rings. The molecule has 0 radical (unpaired) electrons. The highest BCUT2D eigenvalue weighted by Gasteiger charge is 2.26. The summed E-state index contributed by atoms with van der Waals surface area (Å²) in [6, 6.07) is 15.7. The van der Waals surface area contributed by atoms with E-state index in [0.29, 0.717) is 11.6 Å². The van der Waals surface area contributed by atoms with E-state index in [1.165, 1.54) is 0 Å². The second-order valence-corrected chi connectivity index (χ2v) is 8.13. The van der Waals surface area contributed by atoms with Crippen LogP contribution in [0, 0.1) is 12.8 Å². The number of nitrogens with zero attached hydrogens (tertiary/aromatic N) is 4. The predicted octanol–water partition coefficient (Wildman–Crippen LogP) is 3.83. The van der Waals surface area contributed by atoms with Crippen molar-refractivity contribution in [1.29, 1.82) is 0 Å². The summed E-state index contributed by atoms with van der Waals surface area (Å²) in [6.07, 6.45) is 2.83. The highest BCUT2D eigenvalue weighted by atomic mass is 16.2. The summed E-state index contributed by atoms with van der Waals surface area (Å²) in [4.78, 5) is 19.6. The van der Waals surface area contributed by atoms with Crippen molar-refractivity contribution in [2.75, 3.05) is 18.4 Å².